The fourth-order valence-electron chi connectivity index (χ4n) is 6.15. The number of carboxylic acid groups (broad SMARTS) is 2. The SMILES string of the molecule is CCCCCCCCCCCCCCCC(C(=O)[O-])C(CCCCCCCCCCCCCCC)(C(=O)[O-])S(=O)(=O)O.[Na+].[Na+]. The molecule has 0 aromatic heterocycles. The van der Waals surface area contributed by atoms with E-state index in [0.717, 1.165) is 44.9 Å². The predicted molar refractivity (Wildman–Crippen MR) is 168 cm³/mol. The van der Waals surface area contributed by atoms with Crippen LogP contribution in [0.15, 0.2) is 0 Å². The summed E-state index contributed by atoms with van der Waals surface area (Å²) in [5.41, 5.74) is 0. The van der Waals surface area contributed by atoms with Gasteiger partial charge in [0.15, 0.2) is 0 Å². The summed E-state index contributed by atoms with van der Waals surface area (Å²) >= 11 is 0. The first-order valence-electron chi connectivity index (χ1n) is 17.5. The van der Waals surface area contributed by atoms with Crippen molar-refractivity contribution in [3.05, 3.63) is 0 Å². The number of carbonyl (C=O) groups is 2. The first-order chi connectivity index (χ1) is 20.1. The van der Waals surface area contributed by atoms with Gasteiger partial charge in [-0.1, -0.05) is 181 Å². The van der Waals surface area contributed by atoms with Crippen LogP contribution in [0.25, 0.3) is 0 Å². The molecule has 0 aromatic rings. The second-order valence-electron chi connectivity index (χ2n) is 12.5. The van der Waals surface area contributed by atoms with Crippen molar-refractivity contribution in [2.75, 3.05) is 0 Å². The van der Waals surface area contributed by atoms with Gasteiger partial charge in [0.05, 0.1) is 5.97 Å². The molecule has 0 fully saturated rings. The Kier molecular flexibility index (Phi) is 36.3. The molecule has 0 radical (unpaired) electrons. The minimum Gasteiger partial charge on any atom is -0.550 e. The Morgan fingerprint density at radius 3 is 1.07 bits per heavy atom. The average Bonchev–Trinajstić information content (AvgIpc) is 2.93. The molecule has 2 atom stereocenters. The Balaban J connectivity index is -0.00000840. The molecule has 0 aliphatic carbocycles. The third kappa shape index (κ3) is 23.2. The maximum absolute atomic E-state index is 12.4. The molecule has 0 aromatic carbocycles. The van der Waals surface area contributed by atoms with Crippen LogP contribution in [0.2, 0.25) is 0 Å². The Hall–Kier alpha value is 0.850. The van der Waals surface area contributed by atoms with Gasteiger partial charge in [0.2, 0.25) is 0 Å². The molecule has 250 valence electrons. The minimum absolute atomic E-state index is 0. The molecule has 0 saturated heterocycles. The Bertz CT molecular complexity index is 780. The Morgan fingerprint density at radius 1 is 0.545 bits per heavy atom. The number of unbranched alkanes of at least 4 members (excludes halogenated alkanes) is 24. The number of carbonyl (C=O) groups excluding carboxylic acids is 2. The van der Waals surface area contributed by atoms with E-state index >= 15 is 0 Å². The van der Waals surface area contributed by atoms with Gasteiger partial charge in [-0.2, -0.15) is 8.42 Å². The summed E-state index contributed by atoms with van der Waals surface area (Å²) in [4.78, 5) is 24.2. The van der Waals surface area contributed by atoms with Crippen LogP contribution in [-0.2, 0) is 19.7 Å². The van der Waals surface area contributed by atoms with Crippen molar-refractivity contribution in [1.29, 1.82) is 0 Å². The van der Waals surface area contributed by atoms with E-state index in [0.29, 0.717) is 19.3 Å². The molecule has 0 saturated carbocycles. The molecular formula is C34H64Na2O7S. The minimum atomic E-state index is -5.24. The number of hydrogen-bond acceptors (Lipinski definition) is 6. The van der Waals surface area contributed by atoms with Gasteiger partial charge < -0.3 is 19.8 Å². The van der Waals surface area contributed by atoms with Crippen molar-refractivity contribution >= 4 is 22.1 Å². The van der Waals surface area contributed by atoms with Crippen molar-refractivity contribution in [2.45, 2.75) is 198 Å². The van der Waals surface area contributed by atoms with Crippen molar-refractivity contribution in [3.8, 4) is 0 Å². The van der Waals surface area contributed by atoms with Crippen LogP contribution >= 0.6 is 0 Å². The summed E-state index contributed by atoms with van der Waals surface area (Å²) < 4.78 is 31.8. The zero-order chi connectivity index (χ0) is 31.5. The van der Waals surface area contributed by atoms with Gasteiger partial charge in [-0.3, -0.25) is 4.55 Å². The quantitative estimate of drug-likeness (QED) is 0.0659. The van der Waals surface area contributed by atoms with Crippen molar-refractivity contribution in [2.24, 2.45) is 5.92 Å². The van der Waals surface area contributed by atoms with E-state index in [1.54, 1.807) is 0 Å². The molecule has 0 rings (SSSR count). The maximum Gasteiger partial charge on any atom is 1.00 e. The molecule has 44 heavy (non-hydrogen) atoms. The van der Waals surface area contributed by atoms with Crippen LogP contribution in [0.4, 0.5) is 0 Å². The number of aliphatic carboxylic acids is 2. The zero-order valence-electron chi connectivity index (χ0n) is 29.2. The summed E-state index contributed by atoms with van der Waals surface area (Å²) in [5.74, 6) is -5.65. The number of hydrogen-bond donors (Lipinski definition) is 1. The maximum atomic E-state index is 12.4. The van der Waals surface area contributed by atoms with Crippen molar-refractivity contribution in [1.82, 2.24) is 0 Å². The number of rotatable bonds is 32. The van der Waals surface area contributed by atoms with E-state index in [4.69, 9.17) is 0 Å². The Labute approximate surface area is 315 Å². The van der Waals surface area contributed by atoms with Crippen molar-refractivity contribution in [3.63, 3.8) is 0 Å². The molecule has 1 N–H and O–H groups in total. The van der Waals surface area contributed by atoms with Crippen LogP contribution in [0.1, 0.15) is 194 Å². The predicted octanol–water partition coefficient (Wildman–Crippen LogP) is 1.70. The van der Waals surface area contributed by atoms with Crippen molar-refractivity contribution < 1.29 is 91.9 Å². The number of carboxylic acids is 2. The molecule has 10 heteroatoms. The van der Waals surface area contributed by atoms with E-state index in [1.165, 1.54) is 96.3 Å². The fraction of sp³-hybridized carbons (Fsp3) is 0.941. The van der Waals surface area contributed by atoms with E-state index < -0.39 is 39.1 Å². The van der Waals surface area contributed by atoms with Gasteiger partial charge >= 0.3 is 59.1 Å². The monoisotopic (exact) mass is 662 g/mol. The van der Waals surface area contributed by atoms with Crippen LogP contribution < -0.4 is 69.3 Å². The summed E-state index contributed by atoms with van der Waals surface area (Å²) in [6, 6.07) is 0. The largest absolute Gasteiger partial charge is 1.00 e. The third-order valence-corrected chi connectivity index (χ3v) is 10.5. The van der Waals surface area contributed by atoms with Crippen LogP contribution in [-0.4, -0.2) is 29.7 Å². The topological polar surface area (TPSA) is 135 Å². The van der Waals surface area contributed by atoms with E-state index in [-0.39, 0.29) is 72.0 Å². The van der Waals surface area contributed by atoms with E-state index in [9.17, 15) is 32.8 Å². The van der Waals surface area contributed by atoms with Crippen LogP contribution in [0.5, 0.6) is 0 Å². The molecule has 2 unspecified atom stereocenters. The molecule has 0 amide bonds. The summed E-state index contributed by atoms with van der Waals surface area (Å²) in [6.07, 6.45) is 27.1. The van der Waals surface area contributed by atoms with Gasteiger partial charge in [-0.05, 0) is 12.8 Å². The van der Waals surface area contributed by atoms with E-state index in [2.05, 4.69) is 13.8 Å². The van der Waals surface area contributed by atoms with Gasteiger partial charge in [-0.15, -0.1) is 0 Å². The molecule has 0 spiro atoms. The van der Waals surface area contributed by atoms with Gasteiger partial charge in [0.25, 0.3) is 10.1 Å². The van der Waals surface area contributed by atoms with Gasteiger partial charge in [0.1, 0.15) is 4.75 Å². The Morgan fingerprint density at radius 2 is 0.818 bits per heavy atom. The summed E-state index contributed by atoms with van der Waals surface area (Å²) in [7, 11) is -5.24. The first kappa shape index (κ1) is 49.2. The third-order valence-electron chi connectivity index (χ3n) is 8.90. The zero-order valence-corrected chi connectivity index (χ0v) is 34.0. The summed E-state index contributed by atoms with van der Waals surface area (Å²) in [6.45, 7) is 4.43. The normalized spacial score (nSPS) is 13.4. The van der Waals surface area contributed by atoms with Gasteiger partial charge in [0, 0.05) is 11.9 Å². The second kappa shape index (κ2) is 32.4. The first-order valence-corrected chi connectivity index (χ1v) is 19.0. The van der Waals surface area contributed by atoms with Crippen LogP contribution in [0.3, 0.4) is 0 Å². The fourth-order valence-corrected chi connectivity index (χ4v) is 7.33. The molecule has 0 heterocycles. The summed E-state index contributed by atoms with van der Waals surface area (Å²) in [5, 5.41) is 24.2. The molecular weight excluding hydrogens is 598 g/mol. The van der Waals surface area contributed by atoms with Gasteiger partial charge in [-0.25, -0.2) is 0 Å². The molecule has 7 nitrogen and oxygen atoms in total. The van der Waals surface area contributed by atoms with E-state index in [1.807, 2.05) is 0 Å². The standard InChI is InChI=1S/C34H66O7S.2Na/c1-3-5-7-9-11-13-15-17-19-21-23-25-27-29-31(32(35)36)34(33(37)38,42(39,40)41)30-28-26-24-22-20-18-16-14-12-10-8-6-4-2;;/h31H,3-30H2,1-2H3,(H,35,36)(H,37,38)(H,39,40,41);;/q;2*+1/p-2. The average molecular weight is 663 g/mol. The molecule has 0 bridgehead atoms. The molecule has 0 aliphatic rings. The second-order valence-corrected chi connectivity index (χ2v) is 14.2. The van der Waals surface area contributed by atoms with Crippen LogP contribution in [0, 0.1) is 5.92 Å². The smallest absolute Gasteiger partial charge is 0.550 e. The molecule has 0 aliphatic heterocycles.